The molecule has 1 heterocycles. The third kappa shape index (κ3) is 2.98. The molecule has 0 atom stereocenters. The molecule has 3 heteroatoms. The van der Waals surface area contributed by atoms with Crippen molar-refractivity contribution >= 4 is 5.97 Å². The average molecular weight is 262 g/mol. The fraction of sp³-hybridized carbons (Fsp3) is 0.562. The Morgan fingerprint density at radius 2 is 1.95 bits per heavy atom. The molecule has 19 heavy (non-hydrogen) atoms. The van der Waals surface area contributed by atoms with Crippen LogP contribution in [-0.2, 0) is 19.7 Å². The molecule has 0 N–H and O–H groups in total. The average Bonchev–Trinajstić information content (AvgIpc) is 2.37. The predicted molar refractivity (Wildman–Crippen MR) is 74.3 cm³/mol. The van der Waals surface area contributed by atoms with Gasteiger partial charge in [0.1, 0.15) is 0 Å². The molecule has 104 valence electrons. The van der Waals surface area contributed by atoms with Crippen LogP contribution in [0, 0.1) is 0 Å². The van der Waals surface area contributed by atoms with Crippen LogP contribution in [0.15, 0.2) is 24.3 Å². The lowest BCUT2D eigenvalue weighted by atomic mass is 9.74. The number of methoxy groups -OCH3 is 1. The van der Waals surface area contributed by atoms with Crippen molar-refractivity contribution in [3.05, 3.63) is 35.4 Å². The molecular weight excluding hydrogens is 240 g/mol. The summed E-state index contributed by atoms with van der Waals surface area (Å²) in [5.74, 6) is 0.391. The van der Waals surface area contributed by atoms with E-state index >= 15 is 0 Å². The van der Waals surface area contributed by atoms with Crippen molar-refractivity contribution in [2.75, 3.05) is 20.3 Å². The zero-order valence-corrected chi connectivity index (χ0v) is 11.9. The van der Waals surface area contributed by atoms with Crippen LogP contribution in [0.3, 0.4) is 0 Å². The number of hydrogen-bond acceptors (Lipinski definition) is 3. The summed E-state index contributed by atoms with van der Waals surface area (Å²) in [5.41, 5.74) is 2.61. The first kappa shape index (κ1) is 14.1. The maximum absolute atomic E-state index is 11.3. The lowest BCUT2D eigenvalue weighted by Gasteiger charge is -2.42. The van der Waals surface area contributed by atoms with E-state index in [4.69, 9.17) is 9.47 Å². The Hall–Kier alpha value is -1.35. The summed E-state index contributed by atoms with van der Waals surface area (Å²) in [4.78, 5) is 11.3. The second-order valence-corrected chi connectivity index (χ2v) is 5.63. The van der Waals surface area contributed by atoms with E-state index in [0.29, 0.717) is 25.6 Å². The van der Waals surface area contributed by atoms with Gasteiger partial charge in [-0.2, -0.15) is 0 Å². The number of rotatable bonds is 5. The topological polar surface area (TPSA) is 35.5 Å². The van der Waals surface area contributed by atoms with E-state index in [1.54, 1.807) is 0 Å². The standard InChI is InChI=1S/C16H22O3/c1-12(2)13-4-6-14(7-5-13)16(10-19-11-16)9-8-15(17)18-3/h4-7,12H,8-11H2,1-3H3. The first-order valence-electron chi connectivity index (χ1n) is 6.82. The molecule has 0 saturated carbocycles. The largest absolute Gasteiger partial charge is 0.469 e. The van der Waals surface area contributed by atoms with Crippen molar-refractivity contribution in [1.82, 2.24) is 0 Å². The fourth-order valence-corrected chi connectivity index (χ4v) is 2.47. The Kier molecular flexibility index (Phi) is 4.25. The van der Waals surface area contributed by atoms with Crippen LogP contribution in [0.25, 0.3) is 0 Å². The molecule has 0 aliphatic carbocycles. The number of carbonyl (C=O) groups excluding carboxylic acids is 1. The van der Waals surface area contributed by atoms with Gasteiger partial charge in [-0.05, 0) is 23.5 Å². The van der Waals surface area contributed by atoms with Crippen LogP contribution in [0.5, 0.6) is 0 Å². The molecular formula is C16H22O3. The third-order valence-corrected chi connectivity index (χ3v) is 3.98. The van der Waals surface area contributed by atoms with Gasteiger partial charge < -0.3 is 9.47 Å². The summed E-state index contributed by atoms with van der Waals surface area (Å²) in [7, 11) is 1.43. The molecule has 3 nitrogen and oxygen atoms in total. The van der Waals surface area contributed by atoms with Crippen molar-refractivity contribution < 1.29 is 14.3 Å². The minimum atomic E-state index is -0.148. The molecule has 1 aromatic rings. The van der Waals surface area contributed by atoms with Gasteiger partial charge in [-0.3, -0.25) is 4.79 Å². The lowest BCUT2D eigenvalue weighted by molar-refractivity contribution is -0.142. The smallest absolute Gasteiger partial charge is 0.305 e. The molecule has 0 spiro atoms. The molecule has 1 saturated heterocycles. The number of benzene rings is 1. The summed E-state index contributed by atoms with van der Waals surface area (Å²) in [6.45, 7) is 5.78. The quantitative estimate of drug-likeness (QED) is 0.765. The van der Waals surface area contributed by atoms with Crippen molar-refractivity contribution in [3.63, 3.8) is 0 Å². The Balaban J connectivity index is 2.10. The predicted octanol–water partition coefficient (Wildman–Crippen LogP) is 3.03. The van der Waals surface area contributed by atoms with Gasteiger partial charge in [0.25, 0.3) is 0 Å². The summed E-state index contributed by atoms with van der Waals surface area (Å²) in [5, 5.41) is 0. The van der Waals surface area contributed by atoms with E-state index in [1.165, 1.54) is 18.2 Å². The van der Waals surface area contributed by atoms with Crippen LogP contribution in [-0.4, -0.2) is 26.3 Å². The van der Waals surface area contributed by atoms with Gasteiger partial charge in [-0.15, -0.1) is 0 Å². The molecule has 0 bridgehead atoms. The monoisotopic (exact) mass is 262 g/mol. The summed E-state index contributed by atoms with van der Waals surface area (Å²) in [6, 6.07) is 8.71. The van der Waals surface area contributed by atoms with E-state index in [9.17, 15) is 4.79 Å². The summed E-state index contributed by atoms with van der Waals surface area (Å²) < 4.78 is 10.1. The number of ether oxygens (including phenoxy) is 2. The van der Waals surface area contributed by atoms with Gasteiger partial charge in [0.2, 0.25) is 0 Å². The van der Waals surface area contributed by atoms with E-state index in [-0.39, 0.29) is 11.4 Å². The highest BCUT2D eigenvalue weighted by atomic mass is 16.5. The number of carbonyl (C=O) groups is 1. The van der Waals surface area contributed by atoms with Crippen molar-refractivity contribution in [2.45, 2.75) is 38.0 Å². The van der Waals surface area contributed by atoms with Gasteiger partial charge in [-0.1, -0.05) is 38.1 Å². The second-order valence-electron chi connectivity index (χ2n) is 5.63. The van der Waals surface area contributed by atoms with Crippen molar-refractivity contribution in [1.29, 1.82) is 0 Å². The minimum absolute atomic E-state index is 0.00367. The van der Waals surface area contributed by atoms with Crippen LogP contribution in [0.4, 0.5) is 0 Å². The molecule has 0 aromatic heterocycles. The molecule has 1 aliphatic rings. The minimum Gasteiger partial charge on any atom is -0.469 e. The van der Waals surface area contributed by atoms with Crippen molar-refractivity contribution in [2.24, 2.45) is 0 Å². The highest BCUT2D eigenvalue weighted by molar-refractivity contribution is 5.69. The third-order valence-electron chi connectivity index (χ3n) is 3.98. The Labute approximate surface area is 114 Å². The van der Waals surface area contributed by atoms with Crippen LogP contribution in [0.1, 0.15) is 43.7 Å². The van der Waals surface area contributed by atoms with E-state index in [2.05, 4.69) is 38.1 Å². The molecule has 0 amide bonds. The highest BCUT2D eigenvalue weighted by Crippen LogP contribution is 2.37. The number of hydrogen-bond donors (Lipinski definition) is 0. The van der Waals surface area contributed by atoms with E-state index < -0.39 is 0 Å². The summed E-state index contributed by atoms with van der Waals surface area (Å²) in [6.07, 6.45) is 1.24. The molecule has 1 aliphatic heterocycles. The molecule has 0 unspecified atom stereocenters. The Bertz CT molecular complexity index is 430. The first-order chi connectivity index (χ1) is 9.07. The zero-order chi connectivity index (χ0) is 13.9. The molecule has 1 fully saturated rings. The van der Waals surface area contributed by atoms with Crippen LogP contribution < -0.4 is 0 Å². The zero-order valence-electron chi connectivity index (χ0n) is 11.9. The van der Waals surface area contributed by atoms with Gasteiger partial charge in [-0.25, -0.2) is 0 Å². The molecule has 2 rings (SSSR count). The number of esters is 1. The van der Waals surface area contributed by atoms with Gasteiger partial charge >= 0.3 is 5.97 Å². The fourth-order valence-electron chi connectivity index (χ4n) is 2.47. The lowest BCUT2D eigenvalue weighted by Crippen LogP contribution is -2.47. The van der Waals surface area contributed by atoms with E-state index in [1.807, 2.05) is 0 Å². The highest BCUT2D eigenvalue weighted by Gasteiger charge is 2.40. The SMILES string of the molecule is COC(=O)CCC1(c2ccc(C(C)C)cc2)COC1. The summed E-state index contributed by atoms with van der Waals surface area (Å²) >= 11 is 0. The Morgan fingerprint density at radius 3 is 2.37 bits per heavy atom. The molecule has 0 radical (unpaired) electrons. The van der Waals surface area contributed by atoms with Gasteiger partial charge in [0.15, 0.2) is 0 Å². The normalized spacial score (nSPS) is 17.1. The van der Waals surface area contributed by atoms with Crippen LogP contribution in [0.2, 0.25) is 0 Å². The molecule has 1 aromatic carbocycles. The second kappa shape index (κ2) is 5.74. The van der Waals surface area contributed by atoms with Gasteiger partial charge in [0, 0.05) is 11.8 Å². The van der Waals surface area contributed by atoms with Crippen molar-refractivity contribution in [3.8, 4) is 0 Å². The van der Waals surface area contributed by atoms with Gasteiger partial charge in [0.05, 0.1) is 20.3 Å². The van der Waals surface area contributed by atoms with Crippen LogP contribution >= 0.6 is 0 Å². The first-order valence-corrected chi connectivity index (χ1v) is 6.82. The Morgan fingerprint density at radius 1 is 1.32 bits per heavy atom. The van der Waals surface area contributed by atoms with E-state index in [0.717, 1.165) is 6.42 Å². The maximum Gasteiger partial charge on any atom is 0.305 e. The maximum atomic E-state index is 11.3.